The third-order valence-corrected chi connectivity index (χ3v) is 5.77. The van der Waals surface area contributed by atoms with Crippen molar-refractivity contribution in [2.75, 3.05) is 12.4 Å². The molecule has 2 N–H and O–H groups in total. The number of carbonyl (C=O) groups is 1. The highest BCUT2D eigenvalue weighted by Gasteiger charge is 2.18. The Balaban J connectivity index is 1.87. The summed E-state index contributed by atoms with van der Waals surface area (Å²) in [6.45, 7) is 3.90. The fraction of sp³-hybridized carbons (Fsp3) is 0.192. The van der Waals surface area contributed by atoms with E-state index in [9.17, 15) is 14.7 Å². The Hall–Kier alpha value is -4.13. The summed E-state index contributed by atoms with van der Waals surface area (Å²) in [5, 5.41) is 14.3. The maximum atomic E-state index is 13.3. The van der Waals surface area contributed by atoms with E-state index in [1.807, 2.05) is 38.1 Å². The van der Waals surface area contributed by atoms with Gasteiger partial charge in [-0.05, 0) is 60.7 Å². The lowest BCUT2D eigenvalue weighted by Gasteiger charge is -2.21. The lowest BCUT2D eigenvalue weighted by atomic mass is 9.96. The number of nitrogens with one attached hydrogen (secondary N) is 1. The first-order valence-corrected chi connectivity index (χ1v) is 10.5. The van der Waals surface area contributed by atoms with Crippen molar-refractivity contribution in [1.82, 2.24) is 9.55 Å². The molecule has 0 aliphatic heterocycles. The van der Waals surface area contributed by atoms with Gasteiger partial charge >= 0.3 is 5.97 Å². The van der Waals surface area contributed by atoms with Gasteiger partial charge < -0.3 is 19.7 Å². The average molecular weight is 444 g/mol. The highest BCUT2D eigenvalue weighted by atomic mass is 16.5. The lowest BCUT2D eigenvalue weighted by molar-refractivity contribution is 0.0698. The topological polar surface area (TPSA) is 93.5 Å². The standard InChI is InChI=1S/C26H25N3O4/c1-15-11-19(16(2)28-22-8-6-5-7-18(22)26(31)32)20-13-23(29(3)25(30)21(20)12-15)17-9-10-24(33-4)27-14-17/h5-14,16,28H,1-4H3,(H,31,32). The third-order valence-electron chi connectivity index (χ3n) is 5.77. The van der Waals surface area contributed by atoms with Crippen LogP contribution in [0.4, 0.5) is 5.69 Å². The molecule has 0 fully saturated rings. The molecule has 2 heterocycles. The van der Waals surface area contributed by atoms with Crippen molar-refractivity contribution in [3.8, 4) is 17.1 Å². The number of aromatic nitrogens is 2. The van der Waals surface area contributed by atoms with Gasteiger partial charge in [-0.25, -0.2) is 9.78 Å². The Labute approximate surface area is 191 Å². The molecule has 0 amide bonds. The van der Waals surface area contributed by atoms with Crippen molar-refractivity contribution in [3.05, 3.63) is 87.8 Å². The molecular formula is C26H25N3O4. The van der Waals surface area contributed by atoms with Crippen LogP contribution in [0.15, 0.2) is 65.6 Å². The van der Waals surface area contributed by atoms with Gasteiger partial charge in [0.05, 0.1) is 18.4 Å². The summed E-state index contributed by atoms with van der Waals surface area (Å²) in [4.78, 5) is 29.2. The van der Waals surface area contributed by atoms with E-state index in [1.165, 1.54) is 0 Å². The van der Waals surface area contributed by atoms with Crippen LogP contribution in [-0.4, -0.2) is 27.7 Å². The minimum atomic E-state index is -0.998. The van der Waals surface area contributed by atoms with Crippen molar-refractivity contribution in [1.29, 1.82) is 0 Å². The van der Waals surface area contributed by atoms with Gasteiger partial charge in [-0.1, -0.05) is 18.2 Å². The van der Waals surface area contributed by atoms with Crippen LogP contribution in [0.25, 0.3) is 22.0 Å². The third kappa shape index (κ3) is 4.17. The largest absolute Gasteiger partial charge is 0.481 e. The Morgan fingerprint density at radius 3 is 2.55 bits per heavy atom. The quantitative estimate of drug-likeness (QED) is 0.445. The van der Waals surface area contributed by atoms with Crippen molar-refractivity contribution in [2.24, 2.45) is 7.05 Å². The SMILES string of the molecule is COc1ccc(-c2cc3c(C(C)Nc4ccccc4C(=O)O)cc(C)cc3c(=O)n2C)cn1. The van der Waals surface area contributed by atoms with Crippen LogP contribution in [0.3, 0.4) is 0 Å². The summed E-state index contributed by atoms with van der Waals surface area (Å²) in [6.07, 6.45) is 1.68. The van der Waals surface area contributed by atoms with Crippen molar-refractivity contribution in [3.63, 3.8) is 0 Å². The van der Waals surface area contributed by atoms with E-state index < -0.39 is 5.97 Å². The molecule has 33 heavy (non-hydrogen) atoms. The van der Waals surface area contributed by atoms with Crippen LogP contribution < -0.4 is 15.6 Å². The van der Waals surface area contributed by atoms with Crippen LogP contribution in [0.1, 0.15) is 34.5 Å². The number of aryl methyl sites for hydroxylation is 1. The van der Waals surface area contributed by atoms with Gasteiger partial charge in [-0.15, -0.1) is 0 Å². The lowest BCUT2D eigenvalue weighted by Crippen LogP contribution is -2.20. The summed E-state index contributed by atoms with van der Waals surface area (Å²) in [5.41, 5.74) is 3.99. The highest BCUT2D eigenvalue weighted by Crippen LogP contribution is 2.31. The number of carboxylic acids is 1. The first kappa shape index (κ1) is 22.1. The maximum Gasteiger partial charge on any atom is 0.337 e. The number of methoxy groups -OCH3 is 1. The van der Waals surface area contributed by atoms with E-state index in [4.69, 9.17) is 4.74 Å². The molecule has 1 unspecified atom stereocenters. The van der Waals surface area contributed by atoms with Crippen LogP contribution in [0.5, 0.6) is 5.88 Å². The zero-order valence-corrected chi connectivity index (χ0v) is 18.9. The molecule has 0 saturated carbocycles. The summed E-state index contributed by atoms with van der Waals surface area (Å²) in [7, 11) is 3.30. The van der Waals surface area contributed by atoms with E-state index >= 15 is 0 Å². The van der Waals surface area contributed by atoms with Crippen LogP contribution in [0, 0.1) is 6.92 Å². The number of benzene rings is 2. The molecule has 0 spiro atoms. The molecule has 0 radical (unpaired) electrons. The molecule has 2 aromatic heterocycles. The van der Waals surface area contributed by atoms with Crippen LogP contribution in [0.2, 0.25) is 0 Å². The van der Waals surface area contributed by atoms with E-state index in [0.717, 1.165) is 27.8 Å². The molecule has 0 aliphatic carbocycles. The number of nitrogens with zero attached hydrogens (tertiary/aromatic N) is 2. The number of ether oxygens (including phenoxy) is 1. The highest BCUT2D eigenvalue weighted by molar-refractivity contribution is 5.94. The predicted molar refractivity (Wildman–Crippen MR) is 129 cm³/mol. The molecule has 0 bridgehead atoms. The van der Waals surface area contributed by atoms with Crippen molar-refractivity contribution >= 4 is 22.4 Å². The van der Waals surface area contributed by atoms with Crippen LogP contribution >= 0.6 is 0 Å². The molecule has 0 aliphatic rings. The first-order valence-electron chi connectivity index (χ1n) is 10.5. The van der Waals surface area contributed by atoms with Crippen molar-refractivity contribution in [2.45, 2.75) is 19.9 Å². The normalized spacial score (nSPS) is 11.9. The minimum Gasteiger partial charge on any atom is -0.481 e. The number of rotatable bonds is 6. The molecule has 168 valence electrons. The fourth-order valence-corrected chi connectivity index (χ4v) is 4.08. The first-order chi connectivity index (χ1) is 15.8. The van der Waals surface area contributed by atoms with Gasteiger partial charge in [-0.2, -0.15) is 0 Å². The van der Waals surface area contributed by atoms with Gasteiger partial charge in [-0.3, -0.25) is 4.79 Å². The fourth-order valence-electron chi connectivity index (χ4n) is 4.08. The molecule has 0 saturated heterocycles. The van der Waals surface area contributed by atoms with Gasteiger partial charge in [0.15, 0.2) is 0 Å². The average Bonchev–Trinajstić information content (AvgIpc) is 2.81. The number of hydrogen-bond acceptors (Lipinski definition) is 5. The summed E-state index contributed by atoms with van der Waals surface area (Å²) < 4.78 is 6.76. The van der Waals surface area contributed by atoms with Crippen LogP contribution in [-0.2, 0) is 7.05 Å². The van der Waals surface area contributed by atoms with Gasteiger partial charge in [0.2, 0.25) is 5.88 Å². The van der Waals surface area contributed by atoms with Gasteiger partial charge in [0, 0.05) is 42.0 Å². The molecule has 4 aromatic rings. The van der Waals surface area contributed by atoms with Gasteiger partial charge in [0.25, 0.3) is 5.56 Å². The number of pyridine rings is 2. The molecule has 1 atom stereocenters. The second kappa shape index (κ2) is 8.78. The zero-order chi connectivity index (χ0) is 23.7. The van der Waals surface area contributed by atoms with E-state index in [0.29, 0.717) is 17.0 Å². The predicted octanol–water partition coefficient (Wildman–Crippen LogP) is 4.79. The number of hydrogen-bond donors (Lipinski definition) is 2. The molecule has 7 nitrogen and oxygen atoms in total. The monoisotopic (exact) mass is 443 g/mol. The second-order valence-corrected chi connectivity index (χ2v) is 8.02. The van der Waals surface area contributed by atoms with E-state index in [1.54, 1.807) is 55.3 Å². The number of para-hydroxylation sites is 1. The van der Waals surface area contributed by atoms with Gasteiger partial charge in [0.1, 0.15) is 0 Å². The smallest absolute Gasteiger partial charge is 0.337 e. The summed E-state index contributed by atoms with van der Waals surface area (Å²) in [6, 6.07) is 16.1. The second-order valence-electron chi connectivity index (χ2n) is 8.02. The molecule has 2 aromatic carbocycles. The summed E-state index contributed by atoms with van der Waals surface area (Å²) >= 11 is 0. The Morgan fingerprint density at radius 1 is 1.12 bits per heavy atom. The maximum absolute atomic E-state index is 13.3. The number of carboxylic acid groups (broad SMARTS) is 1. The van der Waals surface area contributed by atoms with E-state index in [2.05, 4.69) is 10.3 Å². The molecule has 7 heteroatoms. The Morgan fingerprint density at radius 2 is 1.88 bits per heavy atom. The van der Waals surface area contributed by atoms with Crippen molar-refractivity contribution < 1.29 is 14.6 Å². The minimum absolute atomic E-state index is 0.110. The number of fused-ring (bicyclic) bond motifs is 1. The number of anilines is 1. The number of aromatic carboxylic acids is 1. The molecular weight excluding hydrogens is 418 g/mol. The Kier molecular flexibility index (Phi) is 5.87. The molecule has 4 rings (SSSR count). The van der Waals surface area contributed by atoms with E-state index in [-0.39, 0.29) is 17.2 Å². The Bertz CT molecular complexity index is 1410. The summed E-state index contributed by atoms with van der Waals surface area (Å²) in [5.74, 6) is -0.502. The zero-order valence-electron chi connectivity index (χ0n) is 18.9.